The van der Waals surface area contributed by atoms with E-state index in [9.17, 15) is 0 Å². The summed E-state index contributed by atoms with van der Waals surface area (Å²) in [5.41, 5.74) is 6.78. The third-order valence-corrected chi connectivity index (χ3v) is 4.08. The van der Waals surface area contributed by atoms with E-state index in [1.165, 1.54) is 11.2 Å². The van der Waals surface area contributed by atoms with Gasteiger partial charge in [0.25, 0.3) is 0 Å². The fraction of sp³-hybridized carbons (Fsp3) is 0.273. The molecule has 3 N–H and O–H groups in total. The molecule has 2 rings (SSSR count). The molecule has 0 aliphatic heterocycles. The molecule has 0 fully saturated rings. The van der Waals surface area contributed by atoms with Gasteiger partial charge in [0.2, 0.25) is 0 Å². The lowest BCUT2D eigenvalue weighted by Gasteiger charge is -2.09. The summed E-state index contributed by atoms with van der Waals surface area (Å²) in [5.74, 6) is 1.38. The molecule has 2 aromatic rings. The van der Waals surface area contributed by atoms with Gasteiger partial charge >= 0.3 is 0 Å². The van der Waals surface area contributed by atoms with Crippen molar-refractivity contribution < 1.29 is 0 Å². The van der Waals surface area contributed by atoms with Crippen LogP contribution in [0.15, 0.2) is 22.2 Å². The third kappa shape index (κ3) is 2.95. The van der Waals surface area contributed by atoms with Gasteiger partial charge in [-0.05, 0) is 28.4 Å². The van der Waals surface area contributed by atoms with Crippen LogP contribution in [0.3, 0.4) is 0 Å². The van der Waals surface area contributed by atoms with Crippen molar-refractivity contribution >= 4 is 38.9 Å². The number of thiophene rings is 1. The summed E-state index contributed by atoms with van der Waals surface area (Å²) in [6.45, 7) is 2.79. The molecule has 0 amide bonds. The lowest BCUT2D eigenvalue weighted by atomic mass is 10.2. The highest BCUT2D eigenvalue weighted by Crippen LogP contribution is 2.22. The first kappa shape index (κ1) is 12.3. The van der Waals surface area contributed by atoms with Crippen LogP contribution in [0.4, 0.5) is 11.6 Å². The van der Waals surface area contributed by atoms with Crippen LogP contribution in [0.5, 0.6) is 0 Å². The van der Waals surface area contributed by atoms with Crippen LogP contribution in [0.2, 0.25) is 0 Å². The molecule has 0 aliphatic carbocycles. The molecule has 0 aliphatic rings. The number of aromatic nitrogens is 2. The van der Waals surface area contributed by atoms with E-state index in [0.717, 1.165) is 28.8 Å². The molecule has 0 bridgehead atoms. The maximum absolute atomic E-state index is 5.81. The maximum Gasteiger partial charge on any atom is 0.134 e. The standard InChI is InChI=1S/C11H13BrN4S/c1-2-9-10(13)15-6-16-11(9)14-4-8-3-7(12)5-17-8/h3,5-6H,2,4H2,1H3,(H3,13,14,15,16). The highest BCUT2D eigenvalue weighted by Gasteiger charge is 2.07. The van der Waals surface area contributed by atoms with Crippen molar-refractivity contribution in [3.8, 4) is 0 Å². The van der Waals surface area contributed by atoms with Gasteiger partial charge in [-0.15, -0.1) is 11.3 Å². The number of nitrogen functional groups attached to an aromatic ring is 1. The van der Waals surface area contributed by atoms with Crippen molar-refractivity contribution in [3.05, 3.63) is 32.7 Å². The zero-order valence-corrected chi connectivity index (χ0v) is 11.8. The molecule has 6 heteroatoms. The van der Waals surface area contributed by atoms with Crippen molar-refractivity contribution in [3.63, 3.8) is 0 Å². The molecule has 0 atom stereocenters. The minimum atomic E-state index is 0.553. The van der Waals surface area contributed by atoms with E-state index < -0.39 is 0 Å². The minimum Gasteiger partial charge on any atom is -0.383 e. The van der Waals surface area contributed by atoms with Gasteiger partial charge in [0, 0.05) is 20.3 Å². The number of nitrogens with two attached hydrogens (primary N) is 1. The minimum absolute atomic E-state index is 0.553. The van der Waals surface area contributed by atoms with E-state index in [1.807, 2.05) is 6.92 Å². The number of nitrogens with one attached hydrogen (secondary N) is 1. The molecule has 0 unspecified atom stereocenters. The summed E-state index contributed by atoms with van der Waals surface area (Å²) < 4.78 is 1.11. The SMILES string of the molecule is CCc1c(N)ncnc1NCc1cc(Br)cs1. The van der Waals surface area contributed by atoms with Gasteiger partial charge in [-0.25, -0.2) is 9.97 Å². The Morgan fingerprint density at radius 3 is 2.94 bits per heavy atom. The summed E-state index contributed by atoms with van der Waals surface area (Å²) in [6, 6.07) is 2.09. The fourth-order valence-electron chi connectivity index (χ4n) is 1.54. The number of nitrogens with zero attached hydrogens (tertiary/aromatic N) is 2. The van der Waals surface area contributed by atoms with Gasteiger partial charge < -0.3 is 11.1 Å². The third-order valence-electron chi connectivity index (χ3n) is 2.38. The monoisotopic (exact) mass is 312 g/mol. The number of hydrogen-bond donors (Lipinski definition) is 2. The highest BCUT2D eigenvalue weighted by molar-refractivity contribution is 9.10. The van der Waals surface area contributed by atoms with E-state index in [1.54, 1.807) is 11.3 Å². The van der Waals surface area contributed by atoms with E-state index in [4.69, 9.17) is 5.73 Å². The largest absolute Gasteiger partial charge is 0.383 e. The Kier molecular flexibility index (Phi) is 3.96. The summed E-state index contributed by atoms with van der Waals surface area (Å²) in [4.78, 5) is 9.46. The Bertz CT molecular complexity index is 512. The Hall–Kier alpha value is -1.14. The molecule has 0 saturated carbocycles. The Balaban J connectivity index is 2.11. The predicted octanol–water partition coefficient (Wildman–Crippen LogP) is 3.06. The van der Waals surface area contributed by atoms with Crippen LogP contribution < -0.4 is 11.1 Å². The lowest BCUT2D eigenvalue weighted by molar-refractivity contribution is 1.03. The molecule has 4 nitrogen and oxygen atoms in total. The second-order valence-corrected chi connectivity index (χ2v) is 5.44. The Morgan fingerprint density at radius 2 is 2.29 bits per heavy atom. The molecular weight excluding hydrogens is 300 g/mol. The zero-order valence-electron chi connectivity index (χ0n) is 9.40. The first-order valence-electron chi connectivity index (χ1n) is 5.26. The highest BCUT2D eigenvalue weighted by atomic mass is 79.9. The van der Waals surface area contributed by atoms with Crippen LogP contribution in [-0.2, 0) is 13.0 Å². The molecule has 0 radical (unpaired) electrons. The Labute approximate surface area is 112 Å². The van der Waals surface area contributed by atoms with Crippen molar-refractivity contribution in [2.24, 2.45) is 0 Å². The van der Waals surface area contributed by atoms with Gasteiger partial charge in [0.15, 0.2) is 0 Å². The van der Waals surface area contributed by atoms with Crippen molar-refractivity contribution in [2.75, 3.05) is 11.1 Å². The number of hydrogen-bond acceptors (Lipinski definition) is 5. The lowest BCUT2D eigenvalue weighted by Crippen LogP contribution is -2.07. The molecule has 0 aromatic carbocycles. The predicted molar refractivity (Wildman–Crippen MR) is 75.2 cm³/mol. The van der Waals surface area contributed by atoms with Crippen molar-refractivity contribution in [2.45, 2.75) is 19.9 Å². The van der Waals surface area contributed by atoms with Gasteiger partial charge in [-0.3, -0.25) is 0 Å². The topological polar surface area (TPSA) is 63.8 Å². The normalized spacial score (nSPS) is 10.5. The fourth-order valence-corrected chi connectivity index (χ4v) is 2.93. The van der Waals surface area contributed by atoms with Crippen LogP contribution in [0.25, 0.3) is 0 Å². The van der Waals surface area contributed by atoms with Crippen LogP contribution in [-0.4, -0.2) is 9.97 Å². The average molecular weight is 313 g/mol. The quantitative estimate of drug-likeness (QED) is 0.910. The first-order chi connectivity index (χ1) is 8.20. The Morgan fingerprint density at radius 1 is 1.47 bits per heavy atom. The van der Waals surface area contributed by atoms with Gasteiger partial charge in [0.05, 0.1) is 6.54 Å². The van der Waals surface area contributed by atoms with Crippen molar-refractivity contribution in [1.29, 1.82) is 0 Å². The molecule has 2 aromatic heterocycles. The average Bonchev–Trinajstić information content (AvgIpc) is 2.72. The smallest absolute Gasteiger partial charge is 0.134 e. The van der Waals surface area contributed by atoms with Crippen LogP contribution in [0.1, 0.15) is 17.4 Å². The zero-order chi connectivity index (χ0) is 12.3. The molecule has 90 valence electrons. The first-order valence-corrected chi connectivity index (χ1v) is 6.94. The van der Waals surface area contributed by atoms with Gasteiger partial charge in [-0.1, -0.05) is 6.92 Å². The van der Waals surface area contributed by atoms with Crippen LogP contribution in [0, 0.1) is 0 Å². The van der Waals surface area contributed by atoms with Crippen LogP contribution >= 0.6 is 27.3 Å². The van der Waals surface area contributed by atoms with Gasteiger partial charge in [-0.2, -0.15) is 0 Å². The number of rotatable bonds is 4. The molecule has 2 heterocycles. The molecular formula is C11H13BrN4S. The van der Waals surface area contributed by atoms with E-state index in [-0.39, 0.29) is 0 Å². The van der Waals surface area contributed by atoms with Gasteiger partial charge in [0.1, 0.15) is 18.0 Å². The summed E-state index contributed by atoms with van der Waals surface area (Å²) in [7, 11) is 0. The van der Waals surface area contributed by atoms with E-state index in [2.05, 4.69) is 42.7 Å². The number of halogens is 1. The van der Waals surface area contributed by atoms with E-state index >= 15 is 0 Å². The summed E-state index contributed by atoms with van der Waals surface area (Å²) >= 11 is 5.14. The maximum atomic E-state index is 5.81. The molecule has 0 spiro atoms. The number of anilines is 2. The second kappa shape index (κ2) is 5.46. The summed E-state index contributed by atoms with van der Waals surface area (Å²) in [6.07, 6.45) is 2.31. The molecule has 0 saturated heterocycles. The molecule has 17 heavy (non-hydrogen) atoms. The second-order valence-electron chi connectivity index (χ2n) is 3.52. The summed E-state index contributed by atoms with van der Waals surface area (Å²) in [5, 5.41) is 5.35. The van der Waals surface area contributed by atoms with Crippen molar-refractivity contribution in [1.82, 2.24) is 9.97 Å². The van der Waals surface area contributed by atoms with E-state index in [0.29, 0.717) is 5.82 Å².